The first-order chi connectivity index (χ1) is 17.2. The molecule has 9 nitrogen and oxygen atoms in total. The molecular weight excluding hydrogens is 523 g/mol. The zero-order valence-electron chi connectivity index (χ0n) is 19.3. The zero-order chi connectivity index (χ0) is 25.1. The number of nitrogens with one attached hydrogen (secondary N) is 2. The Balaban J connectivity index is 1.31. The van der Waals surface area contributed by atoms with Gasteiger partial charge in [-0.2, -0.15) is 5.10 Å². The fourth-order valence-electron chi connectivity index (χ4n) is 4.74. The Kier molecular flexibility index (Phi) is 5.60. The summed E-state index contributed by atoms with van der Waals surface area (Å²) in [6, 6.07) is 11.2. The van der Waals surface area contributed by atoms with Gasteiger partial charge in [-0.15, -0.1) is 0 Å². The van der Waals surface area contributed by atoms with Crippen molar-refractivity contribution in [3.8, 4) is 11.4 Å². The summed E-state index contributed by atoms with van der Waals surface area (Å²) < 4.78 is 33.7. The van der Waals surface area contributed by atoms with Gasteiger partial charge >= 0.3 is 0 Å². The summed E-state index contributed by atoms with van der Waals surface area (Å²) in [6.07, 6.45) is 1.07. The van der Waals surface area contributed by atoms with Crippen molar-refractivity contribution < 1.29 is 13.2 Å². The highest BCUT2D eigenvalue weighted by Gasteiger charge is 2.45. The van der Waals surface area contributed by atoms with Crippen molar-refractivity contribution in [2.75, 3.05) is 35.9 Å². The standard InChI is InChI=1S/C24H22Cl2N6O3S/c1-14-20-22(30-29-14)27-21(28-23(20)32-9-8-24(11-32)12-35-13-24)15-2-5-17(6-3-15)31-36(33,34)19-10-16(25)4-7-18(19)26/h2-7,10,31H,8-9,11-13H2,1H3,(H,27,28,29,30). The van der Waals surface area contributed by atoms with Crippen LogP contribution in [0.5, 0.6) is 0 Å². The average Bonchev–Trinajstić information content (AvgIpc) is 3.45. The molecular formula is C24H22Cl2N6O3S. The van der Waals surface area contributed by atoms with E-state index in [1.165, 1.54) is 18.2 Å². The van der Waals surface area contributed by atoms with Gasteiger partial charge in [0.2, 0.25) is 0 Å². The number of anilines is 2. The van der Waals surface area contributed by atoms with Crippen LogP contribution in [0.3, 0.4) is 0 Å². The Morgan fingerprint density at radius 3 is 2.58 bits per heavy atom. The van der Waals surface area contributed by atoms with Crippen LogP contribution < -0.4 is 9.62 Å². The van der Waals surface area contributed by atoms with Gasteiger partial charge in [0, 0.05) is 34.8 Å². The second kappa shape index (κ2) is 8.58. The number of rotatable bonds is 5. The third-order valence-corrected chi connectivity index (χ3v) is 8.81. The molecule has 4 heterocycles. The molecule has 0 aliphatic carbocycles. The summed E-state index contributed by atoms with van der Waals surface area (Å²) in [6.45, 7) is 5.29. The lowest BCUT2D eigenvalue weighted by molar-refractivity contribution is -0.0985. The van der Waals surface area contributed by atoms with E-state index in [1.54, 1.807) is 24.3 Å². The summed E-state index contributed by atoms with van der Waals surface area (Å²) in [5.41, 5.74) is 2.84. The van der Waals surface area contributed by atoms with E-state index >= 15 is 0 Å². The molecule has 6 rings (SSSR count). The van der Waals surface area contributed by atoms with Crippen molar-refractivity contribution in [2.45, 2.75) is 18.2 Å². The van der Waals surface area contributed by atoms with Gasteiger partial charge in [0.1, 0.15) is 10.7 Å². The van der Waals surface area contributed by atoms with Gasteiger partial charge in [-0.1, -0.05) is 23.2 Å². The molecule has 0 unspecified atom stereocenters. The molecule has 1 spiro atoms. The predicted octanol–water partition coefficient (Wildman–Crippen LogP) is 4.66. The minimum absolute atomic E-state index is 0.0877. The molecule has 0 bridgehead atoms. The van der Waals surface area contributed by atoms with Crippen molar-refractivity contribution >= 4 is 55.8 Å². The molecule has 186 valence electrons. The van der Waals surface area contributed by atoms with E-state index < -0.39 is 10.0 Å². The average molecular weight is 545 g/mol. The fraction of sp³-hybridized carbons (Fsp3) is 0.292. The van der Waals surface area contributed by atoms with E-state index in [4.69, 9.17) is 37.9 Å². The molecule has 0 amide bonds. The van der Waals surface area contributed by atoms with Crippen molar-refractivity contribution in [1.82, 2.24) is 20.2 Å². The Labute approximate surface area is 217 Å². The van der Waals surface area contributed by atoms with Crippen LogP contribution >= 0.6 is 23.2 Å². The SMILES string of the molecule is Cc1n[nH]c2nc(-c3ccc(NS(=O)(=O)c4cc(Cl)ccc4Cl)cc3)nc(N3CCC4(COC4)C3)c12. The van der Waals surface area contributed by atoms with Crippen molar-refractivity contribution in [2.24, 2.45) is 5.41 Å². The molecule has 2 aliphatic rings. The lowest BCUT2D eigenvalue weighted by atomic mass is 9.85. The number of ether oxygens (including phenoxy) is 1. The highest BCUT2D eigenvalue weighted by molar-refractivity contribution is 7.92. The second-order valence-corrected chi connectivity index (χ2v) is 11.8. The van der Waals surface area contributed by atoms with Gasteiger partial charge in [0.15, 0.2) is 11.5 Å². The topological polar surface area (TPSA) is 113 Å². The van der Waals surface area contributed by atoms with Gasteiger partial charge in [0.05, 0.1) is 29.3 Å². The number of aromatic nitrogens is 4. The zero-order valence-corrected chi connectivity index (χ0v) is 21.6. The third-order valence-electron chi connectivity index (χ3n) is 6.71. The molecule has 2 saturated heterocycles. The van der Waals surface area contributed by atoms with Crippen molar-refractivity contribution in [3.05, 3.63) is 58.2 Å². The molecule has 0 radical (unpaired) electrons. The third kappa shape index (κ3) is 4.07. The minimum Gasteiger partial charge on any atom is -0.380 e. The number of aryl methyl sites for hydroxylation is 1. The number of fused-ring (bicyclic) bond motifs is 1. The largest absolute Gasteiger partial charge is 0.380 e. The number of benzene rings is 2. The normalized spacial score (nSPS) is 17.0. The first-order valence-electron chi connectivity index (χ1n) is 11.4. The maximum atomic E-state index is 12.8. The molecule has 4 aromatic rings. The molecule has 2 aliphatic heterocycles. The van der Waals surface area contributed by atoms with E-state index in [0.29, 0.717) is 17.2 Å². The van der Waals surface area contributed by atoms with Crippen LogP contribution in [-0.2, 0) is 14.8 Å². The molecule has 2 aromatic heterocycles. The number of hydrogen-bond donors (Lipinski definition) is 2. The number of nitrogens with zero attached hydrogens (tertiary/aromatic N) is 4. The number of aromatic amines is 1. The lowest BCUT2D eigenvalue weighted by Crippen LogP contribution is -2.44. The van der Waals surface area contributed by atoms with E-state index in [0.717, 1.165) is 55.2 Å². The Bertz CT molecular complexity index is 1590. The van der Waals surface area contributed by atoms with Crippen LogP contribution in [0.4, 0.5) is 11.5 Å². The highest BCUT2D eigenvalue weighted by atomic mass is 35.5. The van der Waals surface area contributed by atoms with Crippen LogP contribution in [0.2, 0.25) is 10.0 Å². The summed E-state index contributed by atoms with van der Waals surface area (Å²) in [4.78, 5) is 11.8. The van der Waals surface area contributed by atoms with Crippen LogP contribution in [0, 0.1) is 12.3 Å². The Morgan fingerprint density at radius 1 is 1.11 bits per heavy atom. The number of H-pyrrole nitrogens is 1. The molecule has 0 saturated carbocycles. The Hall–Kier alpha value is -2.92. The molecule has 0 atom stereocenters. The summed E-state index contributed by atoms with van der Waals surface area (Å²) in [7, 11) is -3.92. The smallest absolute Gasteiger partial charge is 0.263 e. The first kappa shape index (κ1) is 23.5. The summed E-state index contributed by atoms with van der Waals surface area (Å²) in [5, 5.41) is 8.65. The van der Waals surface area contributed by atoms with E-state index in [1.807, 2.05) is 6.92 Å². The maximum Gasteiger partial charge on any atom is 0.263 e. The number of halogens is 2. The van der Waals surface area contributed by atoms with E-state index in [-0.39, 0.29) is 20.4 Å². The maximum absolute atomic E-state index is 12.8. The monoisotopic (exact) mass is 544 g/mol. The molecule has 2 N–H and O–H groups in total. The highest BCUT2D eigenvalue weighted by Crippen LogP contribution is 2.41. The molecule has 2 aromatic carbocycles. The summed E-state index contributed by atoms with van der Waals surface area (Å²) >= 11 is 12.1. The van der Waals surface area contributed by atoms with Crippen LogP contribution in [-0.4, -0.2) is 54.9 Å². The van der Waals surface area contributed by atoms with Gasteiger partial charge in [-0.05, 0) is 55.8 Å². The molecule has 12 heteroatoms. The number of hydrogen-bond acceptors (Lipinski definition) is 7. The Morgan fingerprint density at radius 2 is 1.89 bits per heavy atom. The van der Waals surface area contributed by atoms with E-state index in [9.17, 15) is 8.42 Å². The lowest BCUT2D eigenvalue weighted by Gasteiger charge is -2.37. The van der Waals surface area contributed by atoms with Crippen molar-refractivity contribution in [3.63, 3.8) is 0 Å². The second-order valence-electron chi connectivity index (χ2n) is 9.33. The summed E-state index contributed by atoms with van der Waals surface area (Å²) in [5.74, 6) is 1.38. The molecule has 36 heavy (non-hydrogen) atoms. The van der Waals surface area contributed by atoms with Crippen molar-refractivity contribution in [1.29, 1.82) is 0 Å². The van der Waals surface area contributed by atoms with Crippen LogP contribution in [0.25, 0.3) is 22.4 Å². The van der Waals surface area contributed by atoms with E-state index in [2.05, 4.69) is 19.8 Å². The predicted molar refractivity (Wildman–Crippen MR) is 139 cm³/mol. The van der Waals surface area contributed by atoms with Crippen LogP contribution in [0.1, 0.15) is 12.1 Å². The van der Waals surface area contributed by atoms with Gasteiger partial charge in [-0.25, -0.2) is 18.4 Å². The quantitative estimate of drug-likeness (QED) is 0.375. The molecule has 2 fully saturated rings. The fourth-order valence-corrected chi connectivity index (χ4v) is 6.56. The first-order valence-corrected chi connectivity index (χ1v) is 13.6. The van der Waals surface area contributed by atoms with Crippen LogP contribution in [0.15, 0.2) is 47.4 Å². The number of sulfonamides is 1. The minimum atomic E-state index is -3.92. The van der Waals surface area contributed by atoms with Gasteiger partial charge in [-0.3, -0.25) is 9.82 Å². The van der Waals surface area contributed by atoms with Gasteiger partial charge in [0.25, 0.3) is 10.0 Å². The van der Waals surface area contributed by atoms with Gasteiger partial charge < -0.3 is 9.64 Å².